The Morgan fingerprint density at radius 3 is 2.74 bits per heavy atom. The monoisotopic (exact) mass is 321 g/mol. The number of piperidine rings is 1. The van der Waals surface area contributed by atoms with Crippen LogP contribution in [0.4, 0.5) is 0 Å². The summed E-state index contributed by atoms with van der Waals surface area (Å²) in [4.78, 5) is 0. The lowest BCUT2D eigenvalue weighted by Crippen LogP contribution is -2.42. The van der Waals surface area contributed by atoms with Crippen LogP contribution in [-0.4, -0.2) is 13.1 Å². The Balaban J connectivity index is 1.94. The Hall–Kier alpha value is -0.340. The van der Waals surface area contributed by atoms with E-state index >= 15 is 0 Å². The first kappa shape index (κ1) is 13.6. The fourth-order valence-electron chi connectivity index (χ4n) is 4.40. The molecule has 0 aromatic heterocycles. The zero-order valence-electron chi connectivity index (χ0n) is 12.0. The van der Waals surface area contributed by atoms with E-state index in [9.17, 15) is 0 Å². The molecule has 19 heavy (non-hydrogen) atoms. The van der Waals surface area contributed by atoms with Crippen LogP contribution in [0, 0.1) is 10.8 Å². The third-order valence-corrected chi connectivity index (χ3v) is 5.76. The van der Waals surface area contributed by atoms with Gasteiger partial charge in [-0.25, -0.2) is 0 Å². The van der Waals surface area contributed by atoms with E-state index in [1.165, 1.54) is 42.3 Å². The number of rotatable bonds is 1. The van der Waals surface area contributed by atoms with Crippen LogP contribution in [0.3, 0.4) is 0 Å². The normalized spacial score (nSPS) is 33.7. The van der Waals surface area contributed by atoms with Crippen molar-refractivity contribution in [1.82, 2.24) is 5.32 Å². The first-order valence-corrected chi connectivity index (χ1v) is 8.26. The molecule has 1 aromatic carbocycles. The quantitative estimate of drug-likeness (QED) is 0.789. The van der Waals surface area contributed by atoms with Crippen LogP contribution < -0.4 is 5.32 Å². The molecule has 1 saturated carbocycles. The van der Waals surface area contributed by atoms with Crippen LogP contribution in [-0.2, 0) is 0 Å². The fourth-order valence-corrected chi connectivity index (χ4v) is 4.81. The molecule has 1 heterocycles. The average molecular weight is 322 g/mol. The van der Waals surface area contributed by atoms with Crippen molar-refractivity contribution in [3.05, 3.63) is 34.3 Å². The van der Waals surface area contributed by atoms with Gasteiger partial charge in [0.15, 0.2) is 0 Å². The maximum absolute atomic E-state index is 3.63. The van der Waals surface area contributed by atoms with Gasteiger partial charge in [0.2, 0.25) is 0 Å². The summed E-state index contributed by atoms with van der Waals surface area (Å²) >= 11 is 3.63. The Labute approximate surface area is 125 Å². The van der Waals surface area contributed by atoms with Crippen molar-refractivity contribution in [3.8, 4) is 0 Å². The van der Waals surface area contributed by atoms with Crippen molar-refractivity contribution < 1.29 is 0 Å². The minimum atomic E-state index is 0.529. The summed E-state index contributed by atoms with van der Waals surface area (Å²) in [5.74, 6) is 0.681. The number of halogens is 1. The highest BCUT2D eigenvalue weighted by Crippen LogP contribution is 2.58. The third kappa shape index (κ3) is 2.62. The number of nitrogens with one attached hydrogen (secondary N) is 1. The lowest BCUT2D eigenvalue weighted by atomic mass is 9.65. The summed E-state index contributed by atoms with van der Waals surface area (Å²) in [6, 6.07) is 8.95. The lowest BCUT2D eigenvalue weighted by Gasteiger charge is -2.43. The topological polar surface area (TPSA) is 12.0 Å². The van der Waals surface area contributed by atoms with E-state index in [0.717, 1.165) is 6.54 Å². The van der Waals surface area contributed by atoms with E-state index in [2.05, 4.69) is 59.4 Å². The van der Waals surface area contributed by atoms with Crippen molar-refractivity contribution in [2.45, 2.75) is 45.4 Å². The van der Waals surface area contributed by atoms with Crippen molar-refractivity contribution in [2.75, 3.05) is 13.1 Å². The molecule has 2 aliphatic rings. The van der Waals surface area contributed by atoms with Crippen LogP contribution in [0.15, 0.2) is 28.7 Å². The number of hydrogen-bond donors (Lipinski definition) is 1. The van der Waals surface area contributed by atoms with Gasteiger partial charge >= 0.3 is 0 Å². The highest BCUT2D eigenvalue weighted by Gasteiger charge is 2.49. The van der Waals surface area contributed by atoms with Crippen LogP contribution in [0.5, 0.6) is 0 Å². The standard InChI is InChI=1S/C17H24BrN/c1-16(2)6-7-17(12-16)8-9-19-11-15(17)13-4-3-5-14(18)10-13/h3-5,10,15,19H,6-9,11-12H2,1-2H3. The van der Waals surface area contributed by atoms with Crippen LogP contribution >= 0.6 is 15.9 Å². The maximum Gasteiger partial charge on any atom is 0.0178 e. The van der Waals surface area contributed by atoms with Crippen LogP contribution in [0.1, 0.15) is 51.0 Å². The summed E-state index contributed by atoms with van der Waals surface area (Å²) in [6.07, 6.45) is 5.52. The summed E-state index contributed by atoms with van der Waals surface area (Å²) in [5, 5.41) is 3.62. The number of benzene rings is 1. The van der Waals surface area contributed by atoms with Gasteiger partial charge in [0.05, 0.1) is 0 Å². The Morgan fingerprint density at radius 2 is 2.05 bits per heavy atom. The molecular weight excluding hydrogens is 298 g/mol. The molecule has 0 amide bonds. The molecule has 3 rings (SSSR count). The molecular formula is C17H24BrN. The Kier molecular flexibility index (Phi) is 3.51. The number of hydrogen-bond acceptors (Lipinski definition) is 1. The van der Waals surface area contributed by atoms with Gasteiger partial charge in [-0.3, -0.25) is 0 Å². The smallest absolute Gasteiger partial charge is 0.0178 e. The second-order valence-electron chi connectivity index (χ2n) is 7.27. The summed E-state index contributed by atoms with van der Waals surface area (Å²) in [5.41, 5.74) is 2.58. The second-order valence-corrected chi connectivity index (χ2v) is 8.18. The van der Waals surface area contributed by atoms with E-state index in [0.29, 0.717) is 16.7 Å². The van der Waals surface area contributed by atoms with E-state index < -0.39 is 0 Å². The molecule has 1 N–H and O–H groups in total. The molecule has 2 atom stereocenters. The zero-order chi connectivity index (χ0) is 13.5. The van der Waals surface area contributed by atoms with Crippen LogP contribution in [0.2, 0.25) is 0 Å². The predicted molar refractivity (Wildman–Crippen MR) is 84.4 cm³/mol. The fraction of sp³-hybridized carbons (Fsp3) is 0.647. The molecule has 1 spiro atoms. The first-order chi connectivity index (χ1) is 9.01. The second kappa shape index (κ2) is 4.89. The third-order valence-electron chi connectivity index (χ3n) is 5.27. The van der Waals surface area contributed by atoms with Gasteiger partial charge in [0, 0.05) is 16.9 Å². The first-order valence-electron chi connectivity index (χ1n) is 7.47. The molecule has 1 aliphatic carbocycles. The molecule has 0 bridgehead atoms. The van der Waals surface area contributed by atoms with Crippen LogP contribution in [0.25, 0.3) is 0 Å². The van der Waals surface area contributed by atoms with E-state index in [1.807, 2.05) is 0 Å². The maximum atomic E-state index is 3.63. The SMILES string of the molecule is CC1(C)CCC2(CCNCC2c2cccc(Br)c2)C1. The Morgan fingerprint density at radius 1 is 1.21 bits per heavy atom. The largest absolute Gasteiger partial charge is 0.316 e. The van der Waals surface area contributed by atoms with Gasteiger partial charge in [0.25, 0.3) is 0 Å². The van der Waals surface area contributed by atoms with Gasteiger partial charge in [0.1, 0.15) is 0 Å². The van der Waals surface area contributed by atoms with Crippen molar-refractivity contribution in [3.63, 3.8) is 0 Å². The molecule has 2 unspecified atom stereocenters. The summed E-state index contributed by atoms with van der Waals surface area (Å²) in [6.45, 7) is 7.23. The molecule has 1 aromatic rings. The van der Waals surface area contributed by atoms with Gasteiger partial charge in [-0.15, -0.1) is 0 Å². The van der Waals surface area contributed by atoms with Crippen molar-refractivity contribution >= 4 is 15.9 Å². The molecule has 1 nitrogen and oxygen atoms in total. The highest BCUT2D eigenvalue weighted by atomic mass is 79.9. The predicted octanol–water partition coefficient (Wildman–Crippen LogP) is 4.72. The zero-order valence-corrected chi connectivity index (χ0v) is 13.6. The average Bonchev–Trinajstić information content (AvgIpc) is 2.66. The molecule has 104 valence electrons. The van der Waals surface area contributed by atoms with E-state index in [-0.39, 0.29) is 0 Å². The Bertz CT molecular complexity index is 468. The van der Waals surface area contributed by atoms with Crippen molar-refractivity contribution in [1.29, 1.82) is 0 Å². The molecule has 0 radical (unpaired) electrons. The summed E-state index contributed by atoms with van der Waals surface area (Å²) < 4.78 is 1.21. The molecule has 1 saturated heterocycles. The van der Waals surface area contributed by atoms with Gasteiger partial charge in [-0.2, -0.15) is 0 Å². The minimum Gasteiger partial charge on any atom is -0.316 e. The summed E-state index contributed by atoms with van der Waals surface area (Å²) in [7, 11) is 0. The highest BCUT2D eigenvalue weighted by molar-refractivity contribution is 9.10. The van der Waals surface area contributed by atoms with Crippen molar-refractivity contribution in [2.24, 2.45) is 10.8 Å². The molecule has 1 aliphatic heterocycles. The molecule has 2 heteroatoms. The lowest BCUT2D eigenvalue weighted by molar-refractivity contribution is 0.151. The minimum absolute atomic E-state index is 0.529. The van der Waals surface area contributed by atoms with Gasteiger partial charge < -0.3 is 5.32 Å². The van der Waals surface area contributed by atoms with E-state index in [1.54, 1.807) is 0 Å². The molecule has 2 fully saturated rings. The van der Waals surface area contributed by atoms with E-state index in [4.69, 9.17) is 0 Å². The van der Waals surface area contributed by atoms with Gasteiger partial charge in [-0.05, 0) is 60.8 Å². The van der Waals surface area contributed by atoms with Gasteiger partial charge in [-0.1, -0.05) is 41.9 Å².